The molecule has 5 heteroatoms. The molecule has 1 amide bonds. The molecule has 0 spiro atoms. The van der Waals surface area contributed by atoms with E-state index < -0.39 is 0 Å². The standard InChI is InChI=1S/C11H19N3O2/c1-9(5-3-8-15)13-11(16)10(2)14-7-4-6-12-14/h4,6-7,9-10,15H,3,5,8H2,1-2H3,(H,13,16). The Morgan fingerprint density at radius 1 is 1.56 bits per heavy atom. The van der Waals surface area contributed by atoms with E-state index in [9.17, 15) is 4.79 Å². The average Bonchev–Trinajstić information content (AvgIpc) is 2.78. The number of aromatic nitrogens is 2. The molecule has 0 saturated heterocycles. The molecule has 0 saturated carbocycles. The summed E-state index contributed by atoms with van der Waals surface area (Å²) in [5.41, 5.74) is 0. The zero-order valence-corrected chi connectivity index (χ0v) is 9.76. The van der Waals surface area contributed by atoms with Crippen molar-refractivity contribution in [2.45, 2.75) is 38.8 Å². The van der Waals surface area contributed by atoms with Gasteiger partial charge in [-0.05, 0) is 32.8 Å². The highest BCUT2D eigenvalue weighted by atomic mass is 16.3. The maximum atomic E-state index is 11.8. The lowest BCUT2D eigenvalue weighted by atomic mass is 10.2. The van der Waals surface area contributed by atoms with Crippen LogP contribution in [0.2, 0.25) is 0 Å². The monoisotopic (exact) mass is 225 g/mol. The summed E-state index contributed by atoms with van der Waals surface area (Å²) in [7, 11) is 0. The Kier molecular flexibility index (Phi) is 4.98. The molecule has 16 heavy (non-hydrogen) atoms. The van der Waals surface area contributed by atoms with Crippen LogP contribution in [0.1, 0.15) is 32.7 Å². The van der Waals surface area contributed by atoms with Gasteiger partial charge in [0.15, 0.2) is 0 Å². The van der Waals surface area contributed by atoms with Crippen molar-refractivity contribution in [2.24, 2.45) is 0 Å². The van der Waals surface area contributed by atoms with Gasteiger partial charge in [-0.15, -0.1) is 0 Å². The molecule has 2 unspecified atom stereocenters. The third kappa shape index (κ3) is 3.66. The van der Waals surface area contributed by atoms with Crippen LogP contribution in [-0.4, -0.2) is 33.4 Å². The summed E-state index contributed by atoms with van der Waals surface area (Å²) < 4.78 is 1.62. The minimum absolute atomic E-state index is 0.0471. The summed E-state index contributed by atoms with van der Waals surface area (Å²) in [4.78, 5) is 11.8. The Morgan fingerprint density at radius 2 is 2.31 bits per heavy atom. The maximum Gasteiger partial charge on any atom is 0.244 e. The Morgan fingerprint density at radius 3 is 2.88 bits per heavy atom. The van der Waals surface area contributed by atoms with Crippen LogP contribution >= 0.6 is 0 Å². The van der Waals surface area contributed by atoms with Crippen LogP contribution in [0.25, 0.3) is 0 Å². The summed E-state index contributed by atoms with van der Waals surface area (Å²) in [6.07, 6.45) is 4.91. The number of hydrogen-bond donors (Lipinski definition) is 2. The van der Waals surface area contributed by atoms with Gasteiger partial charge in [0.2, 0.25) is 5.91 Å². The largest absolute Gasteiger partial charge is 0.396 e. The number of nitrogens with zero attached hydrogens (tertiary/aromatic N) is 2. The Balaban J connectivity index is 2.40. The van der Waals surface area contributed by atoms with Crippen molar-refractivity contribution in [3.63, 3.8) is 0 Å². The molecule has 0 radical (unpaired) electrons. The van der Waals surface area contributed by atoms with Gasteiger partial charge in [-0.1, -0.05) is 0 Å². The van der Waals surface area contributed by atoms with E-state index in [1.54, 1.807) is 30.1 Å². The molecule has 1 aromatic rings. The summed E-state index contributed by atoms with van der Waals surface area (Å²) in [5.74, 6) is -0.0471. The van der Waals surface area contributed by atoms with Gasteiger partial charge in [0, 0.05) is 25.0 Å². The third-order valence-electron chi connectivity index (χ3n) is 2.49. The Hall–Kier alpha value is -1.36. The molecule has 0 aromatic carbocycles. The molecule has 0 aliphatic rings. The van der Waals surface area contributed by atoms with E-state index in [-0.39, 0.29) is 24.6 Å². The molecule has 1 rings (SSSR count). The zero-order chi connectivity index (χ0) is 12.0. The number of aliphatic hydroxyl groups excluding tert-OH is 1. The zero-order valence-electron chi connectivity index (χ0n) is 9.76. The van der Waals surface area contributed by atoms with Crippen molar-refractivity contribution < 1.29 is 9.90 Å². The summed E-state index contributed by atoms with van der Waals surface area (Å²) in [5, 5.41) is 15.6. The predicted octanol–water partition coefficient (Wildman–Crippen LogP) is 0.721. The quantitative estimate of drug-likeness (QED) is 0.749. The van der Waals surface area contributed by atoms with Crippen LogP contribution in [0.3, 0.4) is 0 Å². The highest BCUT2D eigenvalue weighted by Gasteiger charge is 2.16. The minimum Gasteiger partial charge on any atom is -0.396 e. The number of aliphatic hydroxyl groups is 1. The fraction of sp³-hybridized carbons (Fsp3) is 0.636. The van der Waals surface area contributed by atoms with Crippen LogP contribution in [0.15, 0.2) is 18.5 Å². The molecular formula is C11H19N3O2. The fourth-order valence-electron chi connectivity index (χ4n) is 1.46. The van der Waals surface area contributed by atoms with Crippen LogP contribution in [0.5, 0.6) is 0 Å². The van der Waals surface area contributed by atoms with Crippen molar-refractivity contribution in [3.8, 4) is 0 Å². The van der Waals surface area contributed by atoms with Crippen molar-refractivity contribution in [1.29, 1.82) is 0 Å². The second kappa shape index (κ2) is 6.27. The number of rotatable bonds is 6. The van der Waals surface area contributed by atoms with Crippen LogP contribution < -0.4 is 5.32 Å². The van der Waals surface area contributed by atoms with E-state index in [0.717, 1.165) is 6.42 Å². The summed E-state index contributed by atoms with van der Waals surface area (Å²) in [6.45, 7) is 3.90. The van der Waals surface area contributed by atoms with Gasteiger partial charge in [0.1, 0.15) is 6.04 Å². The normalized spacial score (nSPS) is 14.4. The molecule has 90 valence electrons. The van der Waals surface area contributed by atoms with Gasteiger partial charge in [-0.25, -0.2) is 0 Å². The molecule has 2 atom stereocenters. The fourth-order valence-corrected chi connectivity index (χ4v) is 1.46. The van der Waals surface area contributed by atoms with Gasteiger partial charge in [0.25, 0.3) is 0 Å². The molecule has 2 N–H and O–H groups in total. The number of carbonyl (C=O) groups is 1. The first kappa shape index (κ1) is 12.7. The summed E-state index contributed by atoms with van der Waals surface area (Å²) >= 11 is 0. The summed E-state index contributed by atoms with van der Waals surface area (Å²) in [6, 6.07) is 1.57. The first-order chi connectivity index (χ1) is 7.65. The highest BCUT2D eigenvalue weighted by Crippen LogP contribution is 2.04. The second-order valence-electron chi connectivity index (χ2n) is 3.94. The SMILES string of the molecule is CC(CCCO)NC(=O)C(C)n1cccn1. The topological polar surface area (TPSA) is 67.2 Å². The second-order valence-corrected chi connectivity index (χ2v) is 3.94. The van der Waals surface area contributed by atoms with E-state index in [2.05, 4.69) is 10.4 Å². The van der Waals surface area contributed by atoms with Gasteiger partial charge in [-0.3, -0.25) is 9.48 Å². The first-order valence-electron chi connectivity index (χ1n) is 5.55. The molecule has 0 aliphatic carbocycles. The smallest absolute Gasteiger partial charge is 0.244 e. The lowest BCUT2D eigenvalue weighted by Gasteiger charge is -2.17. The van der Waals surface area contributed by atoms with Crippen molar-refractivity contribution in [3.05, 3.63) is 18.5 Å². The van der Waals surface area contributed by atoms with Crippen LogP contribution in [0.4, 0.5) is 0 Å². The predicted molar refractivity (Wildman–Crippen MR) is 60.9 cm³/mol. The van der Waals surface area contributed by atoms with E-state index in [1.165, 1.54) is 0 Å². The first-order valence-corrected chi connectivity index (χ1v) is 5.55. The van der Waals surface area contributed by atoms with Crippen molar-refractivity contribution in [1.82, 2.24) is 15.1 Å². The van der Waals surface area contributed by atoms with Crippen LogP contribution in [0, 0.1) is 0 Å². The number of hydrogen-bond acceptors (Lipinski definition) is 3. The number of carbonyl (C=O) groups excluding carboxylic acids is 1. The molecule has 1 aromatic heterocycles. The Labute approximate surface area is 95.5 Å². The molecule has 0 bridgehead atoms. The Bertz CT molecular complexity index is 311. The highest BCUT2D eigenvalue weighted by molar-refractivity contribution is 5.79. The van der Waals surface area contributed by atoms with E-state index >= 15 is 0 Å². The molecule has 0 aliphatic heterocycles. The minimum atomic E-state index is -0.299. The van der Waals surface area contributed by atoms with Crippen molar-refractivity contribution in [2.75, 3.05) is 6.61 Å². The molecular weight excluding hydrogens is 206 g/mol. The van der Waals surface area contributed by atoms with Gasteiger partial charge < -0.3 is 10.4 Å². The number of amides is 1. The van der Waals surface area contributed by atoms with E-state index in [4.69, 9.17) is 5.11 Å². The van der Waals surface area contributed by atoms with Gasteiger partial charge >= 0.3 is 0 Å². The average molecular weight is 225 g/mol. The lowest BCUT2D eigenvalue weighted by molar-refractivity contribution is -0.124. The van der Waals surface area contributed by atoms with E-state index in [1.807, 2.05) is 6.92 Å². The molecule has 0 fully saturated rings. The number of nitrogens with one attached hydrogen (secondary N) is 1. The third-order valence-corrected chi connectivity index (χ3v) is 2.49. The van der Waals surface area contributed by atoms with Crippen LogP contribution in [-0.2, 0) is 4.79 Å². The van der Waals surface area contributed by atoms with Gasteiger partial charge in [-0.2, -0.15) is 5.10 Å². The van der Waals surface area contributed by atoms with Crippen molar-refractivity contribution >= 4 is 5.91 Å². The maximum absolute atomic E-state index is 11.8. The van der Waals surface area contributed by atoms with E-state index in [0.29, 0.717) is 6.42 Å². The molecule has 1 heterocycles. The molecule has 5 nitrogen and oxygen atoms in total. The van der Waals surface area contributed by atoms with Gasteiger partial charge in [0.05, 0.1) is 0 Å². The lowest BCUT2D eigenvalue weighted by Crippen LogP contribution is -2.37.